The number of nitrogens with one attached hydrogen (secondary N) is 2. The zero-order valence-corrected chi connectivity index (χ0v) is 13.7. The van der Waals surface area contributed by atoms with Crippen LogP contribution in [-0.4, -0.2) is 25.5 Å². The number of ether oxygens (including phenoxy) is 2. The van der Waals surface area contributed by atoms with Crippen molar-refractivity contribution in [2.45, 2.75) is 13.3 Å². The molecule has 2 N–H and O–H groups in total. The molecule has 2 amide bonds. The van der Waals surface area contributed by atoms with Gasteiger partial charge in [-0.2, -0.15) is 0 Å². The second-order valence-corrected chi connectivity index (χ2v) is 5.06. The molecule has 2 aromatic rings. The van der Waals surface area contributed by atoms with Gasteiger partial charge >= 0.3 is 0 Å². The number of rotatable bonds is 7. The molecule has 2 aromatic carbocycles. The third-order valence-electron chi connectivity index (χ3n) is 3.16. The van der Waals surface area contributed by atoms with Crippen LogP contribution in [0.3, 0.4) is 0 Å². The van der Waals surface area contributed by atoms with Crippen LogP contribution in [-0.2, 0) is 9.59 Å². The third-order valence-corrected chi connectivity index (χ3v) is 3.16. The molecule has 0 aliphatic rings. The fourth-order valence-electron chi connectivity index (χ4n) is 2.01. The number of benzene rings is 2. The van der Waals surface area contributed by atoms with Gasteiger partial charge in [0.05, 0.1) is 7.11 Å². The summed E-state index contributed by atoms with van der Waals surface area (Å²) in [6.45, 7) is 1.73. The van der Waals surface area contributed by atoms with Crippen LogP contribution in [0.4, 0.5) is 5.69 Å². The first-order chi connectivity index (χ1) is 11.6. The Balaban J connectivity index is 1.91. The van der Waals surface area contributed by atoms with E-state index in [0.717, 1.165) is 0 Å². The van der Waals surface area contributed by atoms with Crippen LogP contribution in [0.2, 0.25) is 0 Å². The third kappa shape index (κ3) is 5.31. The van der Waals surface area contributed by atoms with Gasteiger partial charge in [-0.25, -0.2) is 0 Å². The van der Waals surface area contributed by atoms with Crippen molar-refractivity contribution in [2.24, 2.45) is 0 Å². The maximum Gasteiger partial charge on any atom is 0.226 e. The van der Waals surface area contributed by atoms with E-state index in [2.05, 4.69) is 10.6 Å². The van der Waals surface area contributed by atoms with Crippen LogP contribution in [0.5, 0.6) is 17.2 Å². The number of hydrogen-bond donors (Lipinski definition) is 2. The highest BCUT2D eigenvalue weighted by Gasteiger charge is 2.06. The maximum atomic E-state index is 11.7. The predicted octanol–water partition coefficient (Wildman–Crippen LogP) is 2.95. The Bertz CT molecular complexity index is 698. The molecular weight excluding hydrogens is 308 g/mol. The van der Waals surface area contributed by atoms with Crippen LogP contribution in [0.15, 0.2) is 48.5 Å². The summed E-state index contributed by atoms with van der Waals surface area (Å²) in [4.78, 5) is 22.5. The van der Waals surface area contributed by atoms with Crippen molar-refractivity contribution in [3.8, 4) is 17.2 Å². The number of hydrogen-bond acceptors (Lipinski definition) is 4. The summed E-state index contributed by atoms with van der Waals surface area (Å²) in [5.41, 5.74) is 0.662. The molecule has 0 radical (unpaired) electrons. The molecule has 0 saturated carbocycles. The van der Waals surface area contributed by atoms with E-state index in [4.69, 9.17) is 9.47 Å². The topological polar surface area (TPSA) is 76.7 Å². The summed E-state index contributed by atoms with van der Waals surface area (Å²) in [6.07, 6.45) is 0.221. The Morgan fingerprint density at radius 1 is 1.00 bits per heavy atom. The molecule has 2 rings (SSSR count). The van der Waals surface area contributed by atoms with Crippen molar-refractivity contribution in [2.75, 3.05) is 19.0 Å². The number of amides is 2. The lowest BCUT2D eigenvalue weighted by atomic mass is 10.2. The van der Waals surface area contributed by atoms with E-state index in [1.807, 2.05) is 24.3 Å². The largest absolute Gasteiger partial charge is 0.493 e. The average Bonchev–Trinajstić information content (AvgIpc) is 2.57. The number of carbonyl (C=O) groups is 2. The minimum Gasteiger partial charge on any atom is -0.493 e. The van der Waals surface area contributed by atoms with E-state index in [1.54, 1.807) is 31.4 Å². The van der Waals surface area contributed by atoms with E-state index >= 15 is 0 Å². The first kappa shape index (κ1) is 17.3. The van der Waals surface area contributed by atoms with Crippen molar-refractivity contribution in [1.82, 2.24) is 5.32 Å². The van der Waals surface area contributed by atoms with Gasteiger partial charge in [-0.15, -0.1) is 0 Å². The van der Waals surface area contributed by atoms with E-state index in [0.29, 0.717) is 29.5 Å². The highest BCUT2D eigenvalue weighted by molar-refractivity contribution is 5.91. The monoisotopic (exact) mass is 328 g/mol. The standard InChI is InChI=1S/C18H20N2O4/c1-13(21)19-12-11-18(22)20-14-7-9-15(10-8-14)24-17-6-4-3-5-16(17)23-2/h3-10H,11-12H2,1-2H3,(H,19,21)(H,20,22). The molecule has 126 valence electrons. The number of para-hydroxylation sites is 2. The second kappa shape index (κ2) is 8.57. The van der Waals surface area contributed by atoms with Crippen LogP contribution >= 0.6 is 0 Å². The van der Waals surface area contributed by atoms with Gasteiger partial charge in [0.25, 0.3) is 0 Å². The quantitative estimate of drug-likeness (QED) is 0.819. The van der Waals surface area contributed by atoms with E-state index in [9.17, 15) is 9.59 Å². The fourth-order valence-corrected chi connectivity index (χ4v) is 2.01. The molecule has 0 unspecified atom stereocenters. The number of methoxy groups -OCH3 is 1. The predicted molar refractivity (Wildman–Crippen MR) is 91.4 cm³/mol. The average molecular weight is 328 g/mol. The van der Waals surface area contributed by atoms with Crippen LogP contribution in [0, 0.1) is 0 Å². The minimum atomic E-state index is -0.165. The molecule has 6 nitrogen and oxygen atoms in total. The molecule has 0 saturated heterocycles. The van der Waals surface area contributed by atoms with Gasteiger partial charge in [0.1, 0.15) is 5.75 Å². The van der Waals surface area contributed by atoms with E-state index in [-0.39, 0.29) is 18.2 Å². The van der Waals surface area contributed by atoms with Crippen molar-refractivity contribution < 1.29 is 19.1 Å². The molecule has 0 atom stereocenters. The maximum absolute atomic E-state index is 11.7. The smallest absolute Gasteiger partial charge is 0.226 e. The van der Waals surface area contributed by atoms with Crippen molar-refractivity contribution in [1.29, 1.82) is 0 Å². The van der Waals surface area contributed by atoms with Gasteiger partial charge in [0.2, 0.25) is 11.8 Å². The normalized spacial score (nSPS) is 9.92. The minimum absolute atomic E-state index is 0.152. The fraction of sp³-hybridized carbons (Fsp3) is 0.222. The van der Waals surface area contributed by atoms with Crippen molar-refractivity contribution >= 4 is 17.5 Å². The summed E-state index contributed by atoms with van der Waals surface area (Å²) in [6, 6.07) is 14.4. The Hall–Kier alpha value is -3.02. The molecule has 24 heavy (non-hydrogen) atoms. The van der Waals surface area contributed by atoms with Crippen LogP contribution in [0.25, 0.3) is 0 Å². The molecule has 0 spiro atoms. The Kier molecular flexibility index (Phi) is 6.19. The zero-order valence-electron chi connectivity index (χ0n) is 13.7. The van der Waals surface area contributed by atoms with E-state index in [1.165, 1.54) is 6.92 Å². The van der Waals surface area contributed by atoms with Gasteiger partial charge in [0.15, 0.2) is 11.5 Å². The summed E-state index contributed by atoms with van der Waals surface area (Å²) >= 11 is 0. The van der Waals surface area contributed by atoms with Gasteiger partial charge in [-0.1, -0.05) is 12.1 Å². The first-order valence-electron chi connectivity index (χ1n) is 7.53. The molecule has 0 heterocycles. The van der Waals surface area contributed by atoms with Gasteiger partial charge < -0.3 is 20.1 Å². The lowest BCUT2D eigenvalue weighted by molar-refractivity contribution is -0.119. The highest BCUT2D eigenvalue weighted by atomic mass is 16.5. The summed E-state index contributed by atoms with van der Waals surface area (Å²) < 4.78 is 11.0. The molecule has 6 heteroatoms. The van der Waals surface area contributed by atoms with E-state index < -0.39 is 0 Å². The van der Waals surface area contributed by atoms with Crippen LogP contribution < -0.4 is 20.1 Å². The molecule has 0 aromatic heterocycles. The molecule has 0 bridgehead atoms. The van der Waals surface area contributed by atoms with Crippen LogP contribution in [0.1, 0.15) is 13.3 Å². The zero-order chi connectivity index (χ0) is 17.4. The van der Waals surface area contributed by atoms with Crippen molar-refractivity contribution in [3.05, 3.63) is 48.5 Å². The van der Waals surface area contributed by atoms with Crippen molar-refractivity contribution in [3.63, 3.8) is 0 Å². The Labute approximate surface area is 140 Å². The molecular formula is C18H20N2O4. The summed E-state index contributed by atoms with van der Waals surface area (Å²) in [5.74, 6) is 1.58. The highest BCUT2D eigenvalue weighted by Crippen LogP contribution is 2.31. The lowest BCUT2D eigenvalue weighted by Gasteiger charge is -2.11. The second-order valence-electron chi connectivity index (χ2n) is 5.06. The SMILES string of the molecule is COc1ccccc1Oc1ccc(NC(=O)CCNC(C)=O)cc1. The number of carbonyl (C=O) groups excluding carboxylic acids is 2. The Morgan fingerprint density at radius 3 is 2.29 bits per heavy atom. The lowest BCUT2D eigenvalue weighted by Crippen LogP contribution is -2.25. The molecule has 0 fully saturated rings. The van der Waals surface area contributed by atoms with Gasteiger partial charge in [-0.05, 0) is 36.4 Å². The first-order valence-corrected chi connectivity index (χ1v) is 7.53. The van der Waals surface area contributed by atoms with Gasteiger partial charge in [0, 0.05) is 25.6 Å². The molecule has 0 aliphatic carbocycles. The molecule has 0 aliphatic heterocycles. The summed E-state index contributed by atoms with van der Waals surface area (Å²) in [7, 11) is 1.59. The Morgan fingerprint density at radius 2 is 1.67 bits per heavy atom. The van der Waals surface area contributed by atoms with Gasteiger partial charge in [-0.3, -0.25) is 9.59 Å². The summed E-state index contributed by atoms with van der Waals surface area (Å²) in [5, 5.41) is 5.34. The number of anilines is 1.